The molecular weight excluding hydrogens is 378 g/mol. The summed E-state index contributed by atoms with van der Waals surface area (Å²) in [5.41, 5.74) is 3.81. The summed E-state index contributed by atoms with van der Waals surface area (Å²) in [6.07, 6.45) is 2.37. The molecule has 2 aromatic carbocycles. The first kappa shape index (κ1) is 21.6. The van der Waals surface area contributed by atoms with E-state index in [4.69, 9.17) is 9.84 Å². The standard InChI is InChI=1S/C25H27NO4/c1-17(2)30-25(29)23-12-11-19(13-22(23)16-26-15-21-9-10-21)6-3-18-4-7-20(8-5-18)14-24(27)28/h4-5,7-8,11-13,17,21,26H,9-10,14-16H2,1-2H3,(H,27,28). The Bertz CT molecular complexity index is 963. The van der Waals surface area contributed by atoms with Crippen LogP contribution in [0.15, 0.2) is 42.5 Å². The van der Waals surface area contributed by atoms with E-state index in [0.29, 0.717) is 12.1 Å². The lowest BCUT2D eigenvalue weighted by Gasteiger charge is -2.13. The smallest absolute Gasteiger partial charge is 0.338 e. The topological polar surface area (TPSA) is 75.6 Å². The molecule has 0 spiro atoms. The Morgan fingerprint density at radius 1 is 1.10 bits per heavy atom. The fourth-order valence-corrected chi connectivity index (χ4v) is 3.05. The number of hydrogen-bond acceptors (Lipinski definition) is 4. The van der Waals surface area contributed by atoms with E-state index in [9.17, 15) is 9.59 Å². The van der Waals surface area contributed by atoms with E-state index in [0.717, 1.165) is 34.7 Å². The quantitative estimate of drug-likeness (QED) is 0.516. The minimum Gasteiger partial charge on any atom is -0.481 e. The van der Waals surface area contributed by atoms with Gasteiger partial charge in [0.15, 0.2) is 0 Å². The number of hydrogen-bond donors (Lipinski definition) is 2. The van der Waals surface area contributed by atoms with Crippen molar-refractivity contribution in [2.45, 2.75) is 45.8 Å². The van der Waals surface area contributed by atoms with Crippen molar-refractivity contribution in [2.24, 2.45) is 5.92 Å². The van der Waals surface area contributed by atoms with Gasteiger partial charge >= 0.3 is 11.9 Å². The average Bonchev–Trinajstić information content (AvgIpc) is 3.51. The summed E-state index contributed by atoms with van der Waals surface area (Å²) in [5.74, 6) is 5.81. The molecule has 1 fully saturated rings. The van der Waals surface area contributed by atoms with Crippen molar-refractivity contribution < 1.29 is 19.4 Å². The van der Waals surface area contributed by atoms with Crippen LogP contribution in [0, 0.1) is 17.8 Å². The van der Waals surface area contributed by atoms with Crippen molar-refractivity contribution in [3.8, 4) is 11.8 Å². The number of rotatable bonds is 8. The highest BCUT2D eigenvalue weighted by Gasteiger charge is 2.21. The van der Waals surface area contributed by atoms with Gasteiger partial charge < -0.3 is 15.2 Å². The SMILES string of the molecule is CC(C)OC(=O)c1ccc(C#Cc2ccc(CC(=O)O)cc2)cc1CNCC1CC1. The van der Waals surface area contributed by atoms with Crippen LogP contribution in [-0.2, 0) is 22.5 Å². The number of benzene rings is 2. The van der Waals surface area contributed by atoms with Gasteiger partial charge in [-0.25, -0.2) is 4.79 Å². The van der Waals surface area contributed by atoms with Crippen molar-refractivity contribution >= 4 is 11.9 Å². The maximum Gasteiger partial charge on any atom is 0.338 e. The van der Waals surface area contributed by atoms with E-state index >= 15 is 0 Å². The molecular formula is C25H27NO4. The predicted molar refractivity (Wildman–Crippen MR) is 115 cm³/mol. The third-order valence-electron chi connectivity index (χ3n) is 4.77. The number of carbonyl (C=O) groups is 2. The molecule has 0 aliphatic heterocycles. The largest absolute Gasteiger partial charge is 0.481 e. The van der Waals surface area contributed by atoms with Crippen molar-refractivity contribution in [3.63, 3.8) is 0 Å². The van der Waals surface area contributed by atoms with E-state index in [1.165, 1.54) is 12.8 Å². The molecule has 0 saturated heterocycles. The van der Waals surface area contributed by atoms with Gasteiger partial charge in [-0.05, 0) is 80.6 Å². The van der Waals surface area contributed by atoms with Crippen LogP contribution in [0.5, 0.6) is 0 Å². The van der Waals surface area contributed by atoms with Crippen LogP contribution in [0.3, 0.4) is 0 Å². The summed E-state index contributed by atoms with van der Waals surface area (Å²) in [7, 11) is 0. The zero-order chi connectivity index (χ0) is 21.5. The van der Waals surface area contributed by atoms with E-state index in [-0.39, 0.29) is 18.5 Å². The number of nitrogens with one attached hydrogen (secondary N) is 1. The van der Waals surface area contributed by atoms with Crippen molar-refractivity contribution in [1.29, 1.82) is 0 Å². The van der Waals surface area contributed by atoms with E-state index in [1.54, 1.807) is 18.2 Å². The number of carbonyl (C=O) groups excluding carboxylic acids is 1. The average molecular weight is 405 g/mol. The van der Waals surface area contributed by atoms with Gasteiger partial charge in [-0.2, -0.15) is 0 Å². The fraction of sp³-hybridized carbons (Fsp3) is 0.360. The number of esters is 1. The van der Waals surface area contributed by atoms with Crippen LogP contribution in [0.4, 0.5) is 0 Å². The molecule has 0 amide bonds. The molecule has 0 heterocycles. The second-order valence-corrected chi connectivity index (χ2v) is 7.92. The molecule has 5 nitrogen and oxygen atoms in total. The molecule has 0 bridgehead atoms. The van der Waals surface area contributed by atoms with E-state index in [2.05, 4.69) is 17.2 Å². The highest BCUT2D eigenvalue weighted by molar-refractivity contribution is 5.91. The summed E-state index contributed by atoms with van der Waals surface area (Å²) in [4.78, 5) is 23.2. The molecule has 0 radical (unpaired) electrons. The van der Waals surface area contributed by atoms with Crippen LogP contribution < -0.4 is 5.32 Å². The molecule has 1 aliphatic rings. The van der Waals surface area contributed by atoms with Crippen molar-refractivity contribution in [3.05, 3.63) is 70.3 Å². The first-order valence-electron chi connectivity index (χ1n) is 10.3. The lowest BCUT2D eigenvalue weighted by atomic mass is 10.0. The molecule has 5 heteroatoms. The van der Waals surface area contributed by atoms with Crippen LogP contribution >= 0.6 is 0 Å². The summed E-state index contributed by atoms with van der Waals surface area (Å²) < 4.78 is 5.38. The maximum absolute atomic E-state index is 12.5. The molecule has 2 aromatic rings. The van der Waals surface area contributed by atoms with Gasteiger partial charge in [0.2, 0.25) is 0 Å². The van der Waals surface area contributed by atoms with Crippen LogP contribution in [0.25, 0.3) is 0 Å². The third kappa shape index (κ3) is 6.75. The van der Waals surface area contributed by atoms with Crippen LogP contribution in [0.1, 0.15) is 59.3 Å². The zero-order valence-corrected chi connectivity index (χ0v) is 17.4. The minimum atomic E-state index is -0.854. The molecule has 2 N–H and O–H groups in total. The number of aliphatic carboxylic acids is 1. The highest BCUT2D eigenvalue weighted by Crippen LogP contribution is 2.27. The van der Waals surface area contributed by atoms with Gasteiger partial charge in [-0.15, -0.1) is 0 Å². The first-order chi connectivity index (χ1) is 14.4. The van der Waals surface area contributed by atoms with Gasteiger partial charge in [-0.1, -0.05) is 24.0 Å². The normalized spacial score (nSPS) is 12.9. The number of ether oxygens (including phenoxy) is 1. The fourth-order valence-electron chi connectivity index (χ4n) is 3.05. The van der Waals surface area contributed by atoms with Gasteiger partial charge in [-0.3, -0.25) is 4.79 Å². The second-order valence-electron chi connectivity index (χ2n) is 7.92. The number of carboxylic acids is 1. The van der Waals surface area contributed by atoms with Crippen LogP contribution in [0.2, 0.25) is 0 Å². The Hall–Kier alpha value is -3.10. The molecule has 0 aromatic heterocycles. The van der Waals surface area contributed by atoms with Gasteiger partial charge in [0.1, 0.15) is 0 Å². The Morgan fingerprint density at radius 3 is 2.40 bits per heavy atom. The van der Waals surface area contributed by atoms with Gasteiger partial charge in [0, 0.05) is 17.7 Å². The van der Waals surface area contributed by atoms with Crippen molar-refractivity contribution in [2.75, 3.05) is 6.54 Å². The van der Waals surface area contributed by atoms with Gasteiger partial charge in [0.25, 0.3) is 0 Å². The van der Waals surface area contributed by atoms with Crippen LogP contribution in [-0.4, -0.2) is 29.7 Å². The maximum atomic E-state index is 12.5. The lowest BCUT2D eigenvalue weighted by Crippen LogP contribution is -2.20. The third-order valence-corrected chi connectivity index (χ3v) is 4.77. The molecule has 0 atom stereocenters. The minimum absolute atomic E-state index is 0.00113. The molecule has 1 aliphatic carbocycles. The molecule has 3 rings (SSSR count). The Morgan fingerprint density at radius 2 is 1.77 bits per heavy atom. The van der Waals surface area contributed by atoms with Gasteiger partial charge in [0.05, 0.1) is 18.1 Å². The van der Waals surface area contributed by atoms with E-state index in [1.807, 2.05) is 38.1 Å². The molecule has 30 heavy (non-hydrogen) atoms. The summed E-state index contributed by atoms with van der Waals surface area (Å²) in [6, 6.07) is 12.7. The monoisotopic (exact) mass is 405 g/mol. The number of carboxylic acid groups (broad SMARTS) is 1. The zero-order valence-electron chi connectivity index (χ0n) is 17.4. The Balaban J connectivity index is 1.76. The first-order valence-corrected chi connectivity index (χ1v) is 10.3. The summed E-state index contributed by atoms with van der Waals surface area (Å²) in [6.45, 7) is 5.23. The highest BCUT2D eigenvalue weighted by atomic mass is 16.5. The molecule has 0 unspecified atom stereocenters. The summed E-state index contributed by atoms with van der Waals surface area (Å²) in [5, 5.41) is 12.3. The Labute approximate surface area is 177 Å². The second kappa shape index (κ2) is 10.1. The molecule has 156 valence electrons. The predicted octanol–water partition coefficient (Wildman–Crippen LogP) is 3.78. The summed E-state index contributed by atoms with van der Waals surface area (Å²) >= 11 is 0. The Kier molecular flexibility index (Phi) is 7.26. The molecule has 1 saturated carbocycles. The van der Waals surface area contributed by atoms with E-state index < -0.39 is 5.97 Å². The lowest BCUT2D eigenvalue weighted by molar-refractivity contribution is -0.136. The van der Waals surface area contributed by atoms with Crippen molar-refractivity contribution in [1.82, 2.24) is 5.32 Å².